The fourth-order valence-electron chi connectivity index (χ4n) is 2.33. The molecular formula is C14H20N2O. The molecule has 1 aromatic carbocycles. The highest BCUT2D eigenvalue weighted by Gasteiger charge is 2.16. The van der Waals surface area contributed by atoms with Crippen LogP contribution in [0.15, 0.2) is 24.3 Å². The lowest BCUT2D eigenvalue weighted by molar-refractivity contribution is 0.0955. The van der Waals surface area contributed by atoms with E-state index < -0.39 is 0 Å². The van der Waals surface area contributed by atoms with Crippen LogP contribution in [-0.4, -0.2) is 25.5 Å². The lowest BCUT2D eigenvalue weighted by Gasteiger charge is -2.23. The SMILES string of the molecule is CCNC(=O)c1cccc(C2CCCNC2)c1. The summed E-state index contributed by atoms with van der Waals surface area (Å²) >= 11 is 0. The van der Waals surface area contributed by atoms with Crippen molar-refractivity contribution in [3.63, 3.8) is 0 Å². The largest absolute Gasteiger partial charge is 0.352 e. The maximum atomic E-state index is 11.8. The number of carbonyl (C=O) groups excluding carboxylic acids is 1. The molecule has 1 unspecified atom stereocenters. The third-order valence-electron chi connectivity index (χ3n) is 3.25. The summed E-state index contributed by atoms with van der Waals surface area (Å²) < 4.78 is 0. The van der Waals surface area contributed by atoms with Crippen molar-refractivity contribution in [1.29, 1.82) is 0 Å². The van der Waals surface area contributed by atoms with E-state index in [9.17, 15) is 4.79 Å². The Hall–Kier alpha value is -1.35. The number of nitrogens with one attached hydrogen (secondary N) is 2. The van der Waals surface area contributed by atoms with Crippen LogP contribution in [0.3, 0.4) is 0 Å². The average Bonchev–Trinajstić information content (AvgIpc) is 2.40. The molecule has 0 saturated carbocycles. The zero-order valence-electron chi connectivity index (χ0n) is 10.3. The predicted octanol–water partition coefficient (Wildman–Crippen LogP) is 1.90. The first kappa shape index (κ1) is 12.1. The summed E-state index contributed by atoms with van der Waals surface area (Å²) in [7, 11) is 0. The van der Waals surface area contributed by atoms with E-state index in [1.165, 1.54) is 18.4 Å². The van der Waals surface area contributed by atoms with Crippen molar-refractivity contribution in [2.75, 3.05) is 19.6 Å². The lowest BCUT2D eigenvalue weighted by Crippen LogP contribution is -2.28. The first-order chi connectivity index (χ1) is 8.31. The van der Waals surface area contributed by atoms with Gasteiger partial charge in [0.05, 0.1) is 0 Å². The Labute approximate surface area is 103 Å². The maximum absolute atomic E-state index is 11.8. The van der Waals surface area contributed by atoms with Gasteiger partial charge in [0, 0.05) is 18.7 Å². The molecule has 0 aromatic heterocycles. The molecule has 1 saturated heterocycles. The number of rotatable bonds is 3. The minimum absolute atomic E-state index is 0.0260. The van der Waals surface area contributed by atoms with Gasteiger partial charge in [0.15, 0.2) is 0 Å². The van der Waals surface area contributed by atoms with Crippen LogP contribution in [0, 0.1) is 0 Å². The second-order valence-electron chi connectivity index (χ2n) is 4.53. The van der Waals surface area contributed by atoms with Gasteiger partial charge < -0.3 is 10.6 Å². The van der Waals surface area contributed by atoms with Crippen LogP contribution in [0.4, 0.5) is 0 Å². The van der Waals surface area contributed by atoms with Gasteiger partial charge in [-0.1, -0.05) is 12.1 Å². The minimum Gasteiger partial charge on any atom is -0.352 e. The van der Waals surface area contributed by atoms with Crippen molar-refractivity contribution in [3.8, 4) is 0 Å². The molecule has 1 amide bonds. The fourth-order valence-corrected chi connectivity index (χ4v) is 2.33. The van der Waals surface area contributed by atoms with Crippen LogP contribution in [-0.2, 0) is 0 Å². The fraction of sp³-hybridized carbons (Fsp3) is 0.500. The third-order valence-corrected chi connectivity index (χ3v) is 3.25. The van der Waals surface area contributed by atoms with Crippen molar-refractivity contribution in [2.24, 2.45) is 0 Å². The molecule has 2 rings (SSSR count). The van der Waals surface area contributed by atoms with Crippen LogP contribution in [0.2, 0.25) is 0 Å². The van der Waals surface area contributed by atoms with Crippen molar-refractivity contribution in [3.05, 3.63) is 35.4 Å². The van der Waals surface area contributed by atoms with E-state index in [2.05, 4.69) is 16.7 Å². The van der Waals surface area contributed by atoms with Gasteiger partial charge in [0.25, 0.3) is 5.91 Å². The molecule has 0 spiro atoms. The van der Waals surface area contributed by atoms with Crippen molar-refractivity contribution in [1.82, 2.24) is 10.6 Å². The Morgan fingerprint density at radius 2 is 2.41 bits per heavy atom. The number of piperidine rings is 1. The Bertz CT molecular complexity index is 384. The summed E-state index contributed by atoms with van der Waals surface area (Å²) in [6.07, 6.45) is 2.43. The summed E-state index contributed by atoms with van der Waals surface area (Å²) in [5, 5.41) is 6.24. The van der Waals surface area contributed by atoms with Crippen LogP contribution in [0.25, 0.3) is 0 Å². The molecule has 1 aliphatic heterocycles. The molecule has 1 aliphatic rings. The Kier molecular flexibility index (Phi) is 4.15. The molecule has 0 bridgehead atoms. The van der Waals surface area contributed by atoms with Gasteiger partial charge in [-0.2, -0.15) is 0 Å². The first-order valence-corrected chi connectivity index (χ1v) is 6.40. The van der Waals surface area contributed by atoms with Crippen LogP contribution in [0.1, 0.15) is 41.6 Å². The standard InChI is InChI=1S/C14H20N2O/c1-2-16-14(17)12-6-3-5-11(9-12)13-7-4-8-15-10-13/h3,5-6,9,13,15H,2,4,7-8,10H2,1H3,(H,16,17). The van der Waals surface area contributed by atoms with Crippen molar-refractivity contribution < 1.29 is 4.79 Å². The van der Waals surface area contributed by atoms with Gasteiger partial charge in [-0.15, -0.1) is 0 Å². The zero-order valence-corrected chi connectivity index (χ0v) is 10.3. The van der Waals surface area contributed by atoms with E-state index in [1.807, 2.05) is 25.1 Å². The quantitative estimate of drug-likeness (QED) is 0.835. The van der Waals surface area contributed by atoms with Crippen LogP contribution < -0.4 is 10.6 Å². The predicted molar refractivity (Wildman–Crippen MR) is 69.3 cm³/mol. The van der Waals surface area contributed by atoms with Crippen molar-refractivity contribution >= 4 is 5.91 Å². The number of hydrogen-bond donors (Lipinski definition) is 2. The molecule has 3 heteroatoms. The summed E-state index contributed by atoms with van der Waals surface area (Å²) in [5.74, 6) is 0.580. The maximum Gasteiger partial charge on any atom is 0.251 e. The second-order valence-corrected chi connectivity index (χ2v) is 4.53. The molecule has 2 N–H and O–H groups in total. The van der Waals surface area contributed by atoms with Crippen molar-refractivity contribution in [2.45, 2.75) is 25.7 Å². The minimum atomic E-state index is 0.0260. The second kappa shape index (κ2) is 5.82. The van der Waals surface area contributed by atoms with Gasteiger partial charge >= 0.3 is 0 Å². The number of carbonyl (C=O) groups is 1. The highest BCUT2D eigenvalue weighted by molar-refractivity contribution is 5.94. The molecule has 1 fully saturated rings. The smallest absolute Gasteiger partial charge is 0.251 e. The molecule has 0 aliphatic carbocycles. The number of amides is 1. The molecule has 0 radical (unpaired) electrons. The van der Waals surface area contributed by atoms with E-state index in [-0.39, 0.29) is 5.91 Å². The highest BCUT2D eigenvalue weighted by Crippen LogP contribution is 2.23. The normalized spacial score (nSPS) is 19.9. The molecule has 3 nitrogen and oxygen atoms in total. The molecule has 17 heavy (non-hydrogen) atoms. The van der Waals surface area contributed by atoms with Gasteiger partial charge in [-0.25, -0.2) is 0 Å². The van der Waals surface area contributed by atoms with E-state index in [1.54, 1.807) is 0 Å². The molecule has 1 atom stereocenters. The Morgan fingerprint density at radius 1 is 1.53 bits per heavy atom. The summed E-state index contributed by atoms with van der Waals surface area (Å²) in [6.45, 7) is 4.76. The van der Waals surface area contributed by atoms with E-state index in [0.29, 0.717) is 12.5 Å². The number of hydrogen-bond acceptors (Lipinski definition) is 2. The zero-order chi connectivity index (χ0) is 12.1. The van der Waals surface area contributed by atoms with Crippen LogP contribution in [0.5, 0.6) is 0 Å². The highest BCUT2D eigenvalue weighted by atomic mass is 16.1. The van der Waals surface area contributed by atoms with E-state index in [4.69, 9.17) is 0 Å². The Morgan fingerprint density at radius 3 is 3.12 bits per heavy atom. The Balaban J connectivity index is 2.12. The summed E-state index contributed by atoms with van der Waals surface area (Å²) in [5.41, 5.74) is 2.05. The van der Waals surface area contributed by atoms with E-state index in [0.717, 1.165) is 18.7 Å². The van der Waals surface area contributed by atoms with Gasteiger partial charge in [0.2, 0.25) is 0 Å². The average molecular weight is 232 g/mol. The molecule has 92 valence electrons. The van der Waals surface area contributed by atoms with E-state index >= 15 is 0 Å². The molecular weight excluding hydrogens is 212 g/mol. The molecule has 1 aromatic rings. The topological polar surface area (TPSA) is 41.1 Å². The summed E-state index contributed by atoms with van der Waals surface area (Å²) in [6, 6.07) is 8.02. The lowest BCUT2D eigenvalue weighted by atomic mass is 9.90. The van der Waals surface area contributed by atoms with Gasteiger partial charge in [-0.05, 0) is 49.9 Å². The number of benzene rings is 1. The monoisotopic (exact) mass is 232 g/mol. The first-order valence-electron chi connectivity index (χ1n) is 6.40. The molecule has 1 heterocycles. The summed E-state index contributed by atoms with van der Waals surface area (Å²) in [4.78, 5) is 11.8. The van der Waals surface area contributed by atoms with Gasteiger partial charge in [-0.3, -0.25) is 4.79 Å². The van der Waals surface area contributed by atoms with Gasteiger partial charge in [0.1, 0.15) is 0 Å². The third kappa shape index (κ3) is 3.07. The van der Waals surface area contributed by atoms with Crippen LogP contribution >= 0.6 is 0 Å².